The summed E-state index contributed by atoms with van der Waals surface area (Å²) in [4.78, 5) is 15.3. The molecule has 2 aliphatic rings. The fourth-order valence-electron chi connectivity index (χ4n) is 4.96. The van der Waals surface area contributed by atoms with Gasteiger partial charge in [-0.1, -0.05) is 48.9 Å². The topological polar surface area (TPSA) is 49.8 Å². The Kier molecular flexibility index (Phi) is 5.37. The Morgan fingerprint density at radius 1 is 0.871 bits per heavy atom. The third-order valence-electron chi connectivity index (χ3n) is 6.42. The van der Waals surface area contributed by atoms with E-state index in [2.05, 4.69) is 29.2 Å². The first-order valence-corrected chi connectivity index (χ1v) is 11.2. The number of esters is 1. The zero-order valence-electron chi connectivity index (χ0n) is 17.5. The van der Waals surface area contributed by atoms with Crippen molar-refractivity contribution in [2.24, 2.45) is 0 Å². The summed E-state index contributed by atoms with van der Waals surface area (Å²) < 4.78 is 5.89. The molecule has 3 aromatic carbocycles. The Morgan fingerprint density at radius 2 is 1.55 bits per heavy atom. The van der Waals surface area contributed by atoms with Crippen LogP contribution in [0.25, 0.3) is 11.1 Å². The van der Waals surface area contributed by atoms with Gasteiger partial charge in [0.05, 0.1) is 12.5 Å². The van der Waals surface area contributed by atoms with E-state index in [0.717, 1.165) is 53.7 Å². The van der Waals surface area contributed by atoms with E-state index in [4.69, 9.17) is 4.74 Å². The molecular formula is C27H27NO3. The highest BCUT2D eigenvalue weighted by molar-refractivity contribution is 5.89. The molecule has 158 valence electrons. The van der Waals surface area contributed by atoms with E-state index in [0.29, 0.717) is 0 Å². The molecule has 0 spiro atoms. The number of phenols is 1. The molecule has 1 heterocycles. The van der Waals surface area contributed by atoms with E-state index < -0.39 is 0 Å². The average molecular weight is 414 g/mol. The first kappa shape index (κ1) is 19.7. The molecule has 0 saturated heterocycles. The van der Waals surface area contributed by atoms with Crippen molar-refractivity contribution in [3.05, 3.63) is 78.4 Å². The molecule has 1 N–H and O–H groups in total. The number of benzene rings is 3. The summed E-state index contributed by atoms with van der Waals surface area (Å²) in [6.45, 7) is 0. The lowest BCUT2D eigenvalue weighted by Gasteiger charge is -2.40. The normalized spacial score (nSPS) is 18.2. The van der Waals surface area contributed by atoms with Crippen LogP contribution in [0.5, 0.6) is 5.75 Å². The van der Waals surface area contributed by atoms with Gasteiger partial charge < -0.3 is 14.7 Å². The van der Waals surface area contributed by atoms with Gasteiger partial charge in [-0.05, 0) is 67.1 Å². The fraction of sp³-hybridized carbons (Fsp3) is 0.296. The molecule has 3 aromatic rings. The minimum absolute atomic E-state index is 0.0505. The van der Waals surface area contributed by atoms with E-state index in [1.807, 2.05) is 36.4 Å². The molecule has 4 nitrogen and oxygen atoms in total. The summed E-state index contributed by atoms with van der Waals surface area (Å²) in [7, 11) is 0. The van der Waals surface area contributed by atoms with Crippen LogP contribution >= 0.6 is 0 Å². The van der Waals surface area contributed by atoms with E-state index in [1.165, 1.54) is 6.42 Å². The lowest BCUT2D eigenvalue weighted by Crippen LogP contribution is -2.31. The van der Waals surface area contributed by atoms with Crippen LogP contribution < -0.4 is 4.90 Å². The second-order valence-corrected chi connectivity index (χ2v) is 8.46. The molecule has 1 fully saturated rings. The zero-order chi connectivity index (χ0) is 21.2. The number of hydrogen-bond acceptors (Lipinski definition) is 4. The van der Waals surface area contributed by atoms with Crippen LogP contribution in [0.3, 0.4) is 0 Å². The largest absolute Gasteiger partial charge is 0.508 e. The zero-order valence-corrected chi connectivity index (χ0v) is 17.5. The van der Waals surface area contributed by atoms with Crippen LogP contribution in [0.15, 0.2) is 72.8 Å². The van der Waals surface area contributed by atoms with Crippen molar-refractivity contribution < 1.29 is 14.6 Å². The molecule has 0 aromatic heterocycles. The second kappa shape index (κ2) is 8.46. The maximum atomic E-state index is 13.0. The Labute approximate surface area is 183 Å². The van der Waals surface area contributed by atoms with Gasteiger partial charge in [0.25, 0.3) is 0 Å². The van der Waals surface area contributed by atoms with Crippen LogP contribution in [0, 0.1) is 0 Å². The van der Waals surface area contributed by atoms with Crippen LogP contribution in [-0.2, 0) is 9.53 Å². The van der Waals surface area contributed by atoms with Gasteiger partial charge in [-0.15, -0.1) is 0 Å². The SMILES string of the molecule is O=C(CC1c2ccccc2-c2ccccc2N1c1ccc(O)cc1)OC1CCCCC1. The van der Waals surface area contributed by atoms with Crippen molar-refractivity contribution in [2.45, 2.75) is 50.7 Å². The van der Waals surface area contributed by atoms with Crippen LogP contribution in [0.1, 0.15) is 50.1 Å². The number of nitrogens with zero attached hydrogens (tertiary/aromatic N) is 1. The van der Waals surface area contributed by atoms with Crippen molar-refractivity contribution in [3.8, 4) is 16.9 Å². The predicted octanol–water partition coefficient (Wildman–Crippen LogP) is 6.52. The summed E-state index contributed by atoms with van der Waals surface area (Å²) >= 11 is 0. The molecule has 1 unspecified atom stereocenters. The van der Waals surface area contributed by atoms with Gasteiger partial charge in [0.15, 0.2) is 0 Å². The van der Waals surface area contributed by atoms with Crippen LogP contribution in [-0.4, -0.2) is 17.2 Å². The average Bonchev–Trinajstić information content (AvgIpc) is 2.81. The minimum Gasteiger partial charge on any atom is -0.508 e. The molecular weight excluding hydrogens is 386 g/mol. The lowest BCUT2D eigenvalue weighted by atomic mass is 9.86. The third-order valence-corrected chi connectivity index (χ3v) is 6.42. The number of rotatable bonds is 4. The Bertz CT molecular complexity index is 1070. The Balaban J connectivity index is 1.54. The van der Waals surface area contributed by atoms with Gasteiger partial charge in [0.2, 0.25) is 0 Å². The molecule has 4 heteroatoms. The number of hydrogen-bond donors (Lipinski definition) is 1. The van der Waals surface area contributed by atoms with E-state index >= 15 is 0 Å². The van der Waals surface area contributed by atoms with Crippen molar-refractivity contribution in [3.63, 3.8) is 0 Å². The Hall–Kier alpha value is -3.27. The van der Waals surface area contributed by atoms with E-state index in [9.17, 15) is 9.90 Å². The van der Waals surface area contributed by atoms with Gasteiger partial charge in [-0.3, -0.25) is 4.79 Å². The highest BCUT2D eigenvalue weighted by Crippen LogP contribution is 2.49. The van der Waals surface area contributed by atoms with Crippen molar-refractivity contribution in [1.82, 2.24) is 0 Å². The van der Waals surface area contributed by atoms with E-state index in [1.54, 1.807) is 12.1 Å². The van der Waals surface area contributed by atoms with Crippen LogP contribution in [0.2, 0.25) is 0 Å². The highest BCUT2D eigenvalue weighted by Gasteiger charge is 2.34. The summed E-state index contributed by atoms with van der Waals surface area (Å²) in [5.41, 5.74) is 5.42. The summed E-state index contributed by atoms with van der Waals surface area (Å²) in [5.74, 6) is 0.0811. The minimum atomic E-state index is -0.174. The molecule has 1 atom stereocenters. The molecule has 1 saturated carbocycles. The van der Waals surface area contributed by atoms with Gasteiger partial charge in [0, 0.05) is 16.9 Å². The number of carbonyl (C=O) groups excluding carboxylic acids is 1. The first-order chi connectivity index (χ1) is 15.2. The van der Waals surface area contributed by atoms with Gasteiger partial charge in [0.1, 0.15) is 11.9 Å². The van der Waals surface area contributed by atoms with Crippen molar-refractivity contribution >= 4 is 17.3 Å². The maximum absolute atomic E-state index is 13.0. The first-order valence-electron chi connectivity index (χ1n) is 11.2. The molecule has 5 rings (SSSR count). The van der Waals surface area contributed by atoms with Crippen LogP contribution in [0.4, 0.5) is 11.4 Å². The number of ether oxygens (including phenoxy) is 1. The van der Waals surface area contributed by atoms with E-state index in [-0.39, 0.29) is 30.3 Å². The second-order valence-electron chi connectivity index (χ2n) is 8.46. The number of anilines is 2. The van der Waals surface area contributed by atoms with Crippen molar-refractivity contribution in [2.75, 3.05) is 4.90 Å². The lowest BCUT2D eigenvalue weighted by molar-refractivity contribution is -0.150. The predicted molar refractivity (Wildman–Crippen MR) is 122 cm³/mol. The number of fused-ring (bicyclic) bond motifs is 3. The molecule has 31 heavy (non-hydrogen) atoms. The molecule has 0 bridgehead atoms. The maximum Gasteiger partial charge on any atom is 0.308 e. The third kappa shape index (κ3) is 3.90. The molecule has 1 aliphatic heterocycles. The number of para-hydroxylation sites is 1. The quantitative estimate of drug-likeness (QED) is 0.495. The smallest absolute Gasteiger partial charge is 0.308 e. The monoisotopic (exact) mass is 413 g/mol. The summed E-state index contributed by atoms with van der Waals surface area (Å²) in [6.07, 6.45) is 5.77. The molecule has 1 aliphatic carbocycles. The van der Waals surface area contributed by atoms with Gasteiger partial charge in [-0.2, -0.15) is 0 Å². The Morgan fingerprint density at radius 3 is 2.32 bits per heavy atom. The number of carbonyl (C=O) groups is 1. The number of aromatic hydroxyl groups is 1. The molecule has 0 radical (unpaired) electrons. The van der Waals surface area contributed by atoms with Crippen molar-refractivity contribution in [1.29, 1.82) is 0 Å². The van der Waals surface area contributed by atoms with Gasteiger partial charge in [-0.25, -0.2) is 0 Å². The highest BCUT2D eigenvalue weighted by atomic mass is 16.5. The number of phenolic OH excluding ortho intramolecular Hbond substituents is 1. The standard InChI is InChI=1S/C27H27NO3/c29-20-16-14-19(15-17-20)28-25-13-7-6-11-23(25)22-10-4-5-12-24(22)26(28)18-27(30)31-21-8-2-1-3-9-21/h4-7,10-17,21,26,29H,1-3,8-9,18H2. The fourth-order valence-corrected chi connectivity index (χ4v) is 4.96. The summed E-state index contributed by atoms with van der Waals surface area (Å²) in [6, 6.07) is 23.6. The molecule has 0 amide bonds. The van der Waals surface area contributed by atoms with Gasteiger partial charge >= 0.3 is 5.97 Å². The summed E-state index contributed by atoms with van der Waals surface area (Å²) in [5, 5.41) is 9.81.